The summed E-state index contributed by atoms with van der Waals surface area (Å²) in [4.78, 5) is 24.7. The van der Waals surface area contributed by atoms with Gasteiger partial charge in [-0.15, -0.1) is 0 Å². The van der Waals surface area contributed by atoms with E-state index in [1.54, 1.807) is 31.4 Å². The molecular weight excluding hydrogens is 368 g/mol. The molecule has 0 atom stereocenters. The fraction of sp³-hybridized carbons (Fsp3) is 0.217. The lowest BCUT2D eigenvalue weighted by atomic mass is 10.1. The topological polar surface area (TPSA) is 76.7 Å². The molecule has 6 heteroatoms. The van der Waals surface area contributed by atoms with Crippen LogP contribution in [-0.2, 0) is 9.53 Å². The van der Waals surface area contributed by atoms with Crippen molar-refractivity contribution in [3.8, 4) is 5.75 Å². The molecular formula is C23H24N2O4. The molecule has 0 aliphatic heterocycles. The van der Waals surface area contributed by atoms with E-state index in [2.05, 4.69) is 10.6 Å². The van der Waals surface area contributed by atoms with Crippen LogP contribution < -0.4 is 15.4 Å². The standard InChI is InChI=1S/C23H24N2O4/c1-28-14-6-13-24-23(27)20-9-4-5-10-21(20)25-22(26)16-29-19-12-11-17-7-2-3-8-18(17)15-19/h2-5,7-12,15H,6,13-14,16H2,1H3,(H,24,27)(H,25,26). The van der Waals surface area contributed by atoms with Crippen LogP contribution in [0.15, 0.2) is 66.7 Å². The number of fused-ring (bicyclic) bond motifs is 1. The van der Waals surface area contributed by atoms with Gasteiger partial charge in [-0.3, -0.25) is 9.59 Å². The van der Waals surface area contributed by atoms with E-state index in [1.165, 1.54) is 0 Å². The van der Waals surface area contributed by atoms with Crippen LogP contribution in [0.3, 0.4) is 0 Å². The van der Waals surface area contributed by atoms with Crippen molar-refractivity contribution in [3.63, 3.8) is 0 Å². The number of nitrogens with one attached hydrogen (secondary N) is 2. The normalized spacial score (nSPS) is 10.5. The van der Waals surface area contributed by atoms with Crippen LogP contribution in [0.1, 0.15) is 16.8 Å². The van der Waals surface area contributed by atoms with E-state index in [1.807, 2.05) is 42.5 Å². The van der Waals surface area contributed by atoms with E-state index in [9.17, 15) is 9.59 Å². The largest absolute Gasteiger partial charge is 0.484 e. The van der Waals surface area contributed by atoms with Crippen molar-refractivity contribution in [1.29, 1.82) is 0 Å². The average Bonchev–Trinajstić information content (AvgIpc) is 2.75. The minimum absolute atomic E-state index is 0.151. The first-order valence-electron chi connectivity index (χ1n) is 9.45. The fourth-order valence-electron chi connectivity index (χ4n) is 2.90. The number of amides is 2. The summed E-state index contributed by atoms with van der Waals surface area (Å²) in [5, 5.41) is 7.72. The molecule has 0 aliphatic rings. The summed E-state index contributed by atoms with van der Waals surface area (Å²) in [6.45, 7) is 0.924. The van der Waals surface area contributed by atoms with E-state index in [-0.39, 0.29) is 18.4 Å². The number of carbonyl (C=O) groups excluding carboxylic acids is 2. The Morgan fingerprint density at radius 2 is 1.69 bits per heavy atom. The smallest absolute Gasteiger partial charge is 0.262 e. The van der Waals surface area contributed by atoms with Gasteiger partial charge in [-0.25, -0.2) is 0 Å². The SMILES string of the molecule is COCCCNC(=O)c1ccccc1NC(=O)COc1ccc2ccccc2c1. The Hall–Kier alpha value is -3.38. The zero-order chi connectivity index (χ0) is 20.5. The van der Waals surface area contributed by atoms with E-state index >= 15 is 0 Å². The van der Waals surface area contributed by atoms with Gasteiger partial charge in [0.15, 0.2) is 6.61 Å². The second-order valence-corrected chi connectivity index (χ2v) is 6.49. The molecule has 3 aromatic carbocycles. The van der Waals surface area contributed by atoms with Gasteiger partial charge in [0.1, 0.15) is 5.75 Å². The third-order valence-electron chi connectivity index (χ3n) is 4.35. The lowest BCUT2D eigenvalue weighted by molar-refractivity contribution is -0.118. The van der Waals surface area contributed by atoms with Crippen molar-refractivity contribution in [1.82, 2.24) is 5.32 Å². The molecule has 0 radical (unpaired) electrons. The number of anilines is 1. The van der Waals surface area contributed by atoms with Crippen LogP contribution in [0.25, 0.3) is 10.8 Å². The number of ether oxygens (including phenoxy) is 2. The summed E-state index contributed by atoms with van der Waals surface area (Å²) in [7, 11) is 1.62. The fourth-order valence-corrected chi connectivity index (χ4v) is 2.90. The average molecular weight is 392 g/mol. The number of rotatable bonds is 9. The van der Waals surface area contributed by atoms with Crippen molar-refractivity contribution in [2.45, 2.75) is 6.42 Å². The molecule has 0 fully saturated rings. The maximum atomic E-state index is 12.4. The molecule has 3 aromatic rings. The Bertz CT molecular complexity index is 987. The Kier molecular flexibility index (Phi) is 7.19. The number of hydrogen-bond donors (Lipinski definition) is 2. The van der Waals surface area contributed by atoms with Gasteiger partial charge in [0.25, 0.3) is 11.8 Å². The number of carbonyl (C=O) groups is 2. The van der Waals surface area contributed by atoms with E-state index in [4.69, 9.17) is 9.47 Å². The second kappa shape index (κ2) is 10.2. The zero-order valence-corrected chi connectivity index (χ0v) is 16.3. The predicted octanol–water partition coefficient (Wildman–Crippen LogP) is 3.62. The first-order valence-corrected chi connectivity index (χ1v) is 9.45. The van der Waals surface area contributed by atoms with Crippen LogP contribution >= 0.6 is 0 Å². The maximum absolute atomic E-state index is 12.4. The summed E-state index contributed by atoms with van der Waals surface area (Å²) in [6, 6.07) is 20.5. The van der Waals surface area contributed by atoms with Gasteiger partial charge in [0.2, 0.25) is 0 Å². The molecule has 3 rings (SSSR count). The Morgan fingerprint density at radius 3 is 2.52 bits per heavy atom. The van der Waals surface area contributed by atoms with Crippen LogP contribution in [-0.4, -0.2) is 38.7 Å². The molecule has 0 spiro atoms. The highest BCUT2D eigenvalue weighted by molar-refractivity contribution is 6.04. The highest BCUT2D eigenvalue weighted by Crippen LogP contribution is 2.21. The molecule has 2 N–H and O–H groups in total. The molecule has 150 valence electrons. The van der Waals surface area contributed by atoms with Gasteiger partial charge in [-0.2, -0.15) is 0 Å². The van der Waals surface area contributed by atoms with Crippen LogP contribution in [0.5, 0.6) is 5.75 Å². The zero-order valence-electron chi connectivity index (χ0n) is 16.3. The van der Waals surface area contributed by atoms with Gasteiger partial charge in [-0.05, 0) is 41.5 Å². The number of hydrogen-bond acceptors (Lipinski definition) is 4. The van der Waals surface area contributed by atoms with Crippen molar-refractivity contribution in [2.24, 2.45) is 0 Å². The van der Waals surface area contributed by atoms with Crippen LogP contribution in [0.2, 0.25) is 0 Å². The molecule has 2 amide bonds. The Morgan fingerprint density at radius 1 is 0.931 bits per heavy atom. The highest BCUT2D eigenvalue weighted by Gasteiger charge is 2.13. The minimum atomic E-state index is -0.335. The van der Waals surface area contributed by atoms with Crippen molar-refractivity contribution < 1.29 is 19.1 Å². The molecule has 29 heavy (non-hydrogen) atoms. The van der Waals surface area contributed by atoms with Crippen molar-refractivity contribution >= 4 is 28.3 Å². The van der Waals surface area contributed by atoms with Gasteiger partial charge in [-0.1, -0.05) is 42.5 Å². The quantitative estimate of drug-likeness (QED) is 0.545. The van der Waals surface area contributed by atoms with Gasteiger partial charge >= 0.3 is 0 Å². The number of para-hydroxylation sites is 1. The summed E-state index contributed by atoms with van der Waals surface area (Å²) in [6.07, 6.45) is 0.719. The number of methoxy groups -OCH3 is 1. The molecule has 0 heterocycles. The molecule has 0 aliphatic carbocycles. The van der Waals surface area contributed by atoms with E-state index in [0.29, 0.717) is 30.2 Å². The monoisotopic (exact) mass is 392 g/mol. The predicted molar refractivity (Wildman–Crippen MR) is 113 cm³/mol. The van der Waals surface area contributed by atoms with E-state index < -0.39 is 0 Å². The minimum Gasteiger partial charge on any atom is -0.484 e. The molecule has 0 unspecified atom stereocenters. The van der Waals surface area contributed by atoms with Crippen LogP contribution in [0, 0.1) is 0 Å². The Balaban J connectivity index is 1.57. The van der Waals surface area contributed by atoms with Gasteiger partial charge in [0, 0.05) is 20.3 Å². The molecule has 6 nitrogen and oxygen atoms in total. The van der Waals surface area contributed by atoms with Crippen molar-refractivity contribution in [3.05, 3.63) is 72.3 Å². The van der Waals surface area contributed by atoms with Crippen molar-refractivity contribution in [2.75, 3.05) is 32.2 Å². The maximum Gasteiger partial charge on any atom is 0.262 e. The summed E-state index contributed by atoms with van der Waals surface area (Å²) < 4.78 is 10.6. The molecule has 0 saturated carbocycles. The second-order valence-electron chi connectivity index (χ2n) is 6.49. The Labute approximate surface area is 169 Å². The van der Waals surface area contributed by atoms with E-state index in [0.717, 1.165) is 17.2 Å². The molecule has 0 bridgehead atoms. The summed E-state index contributed by atoms with van der Waals surface area (Å²) >= 11 is 0. The lowest BCUT2D eigenvalue weighted by Crippen LogP contribution is -2.27. The third kappa shape index (κ3) is 5.80. The van der Waals surface area contributed by atoms with Gasteiger partial charge < -0.3 is 20.1 Å². The molecule has 0 aromatic heterocycles. The summed E-state index contributed by atoms with van der Waals surface area (Å²) in [5.41, 5.74) is 0.854. The third-order valence-corrected chi connectivity index (χ3v) is 4.35. The van der Waals surface area contributed by atoms with Gasteiger partial charge in [0.05, 0.1) is 11.3 Å². The highest BCUT2D eigenvalue weighted by atomic mass is 16.5. The lowest BCUT2D eigenvalue weighted by Gasteiger charge is -2.12. The first kappa shape index (κ1) is 20.4. The van der Waals surface area contributed by atoms with Crippen LogP contribution in [0.4, 0.5) is 5.69 Å². The number of benzene rings is 3. The first-order chi connectivity index (χ1) is 14.2. The summed E-state index contributed by atoms with van der Waals surface area (Å²) in [5.74, 6) is 0.0354. The molecule has 0 saturated heterocycles.